The molecule has 0 radical (unpaired) electrons. The van der Waals surface area contributed by atoms with Crippen LogP contribution in [0.4, 0.5) is 23.2 Å². The maximum absolute atomic E-state index is 14.0. The number of halogens is 4. The number of aliphatic carboxylic acids is 1. The Labute approximate surface area is 215 Å². The maximum atomic E-state index is 14.0. The van der Waals surface area contributed by atoms with E-state index in [1.165, 1.54) is 15.8 Å². The molecule has 10 nitrogen and oxygen atoms in total. The lowest BCUT2D eigenvalue weighted by atomic mass is 9.98. The van der Waals surface area contributed by atoms with Crippen LogP contribution in [0.15, 0.2) is 41.7 Å². The number of fused-ring (bicyclic) bond motifs is 1. The minimum atomic E-state index is -5.08. The van der Waals surface area contributed by atoms with Crippen molar-refractivity contribution in [3.63, 3.8) is 0 Å². The number of primary sulfonamides is 1. The van der Waals surface area contributed by atoms with E-state index in [9.17, 15) is 26.0 Å². The summed E-state index contributed by atoms with van der Waals surface area (Å²) >= 11 is 0. The third kappa shape index (κ3) is 6.58. The van der Waals surface area contributed by atoms with Crippen LogP contribution in [-0.4, -0.2) is 47.0 Å². The van der Waals surface area contributed by atoms with E-state index in [1.807, 2.05) is 12.1 Å². The summed E-state index contributed by atoms with van der Waals surface area (Å²) in [5, 5.41) is 15.1. The molecule has 3 aromatic rings. The summed E-state index contributed by atoms with van der Waals surface area (Å²) in [6.45, 7) is 3.53. The van der Waals surface area contributed by atoms with Gasteiger partial charge in [-0.05, 0) is 55.9 Å². The zero-order chi connectivity index (χ0) is 28.5. The molecule has 1 aliphatic carbocycles. The lowest BCUT2D eigenvalue weighted by Gasteiger charge is -2.25. The van der Waals surface area contributed by atoms with Crippen molar-refractivity contribution in [1.29, 1.82) is 0 Å². The number of nitrogens with zero attached hydrogens (tertiary/aromatic N) is 3. The molecule has 0 spiro atoms. The standard InChI is InChI=1S/C21H24FN5O3S.C2HF3O2/c1-21(2,27-11-17(22)20(26-27)31(24,28)29)12-30-18-10-14(8-9-25-18)16-7-6-13-4-3-5-15(13)19(16)23;3-2(4,5)1(6)7/h6-11H,3-5,12,23H2,1-2H3,(H2,24,28,29);(H,6,7). The lowest BCUT2D eigenvalue weighted by Crippen LogP contribution is -2.34. The first-order chi connectivity index (χ1) is 17.5. The summed E-state index contributed by atoms with van der Waals surface area (Å²) < 4.78 is 75.6. The number of hydrogen-bond acceptors (Lipinski definition) is 7. The molecule has 2 heterocycles. The smallest absolute Gasteiger partial charge is 0.475 e. The van der Waals surface area contributed by atoms with Gasteiger partial charge in [-0.3, -0.25) is 4.68 Å². The summed E-state index contributed by atoms with van der Waals surface area (Å²) in [5.41, 5.74) is 10.7. The molecule has 1 aliphatic rings. The number of hydrogen-bond donors (Lipinski definition) is 3. The number of nitrogen functional groups attached to an aromatic ring is 1. The lowest BCUT2D eigenvalue weighted by molar-refractivity contribution is -0.192. The SMILES string of the molecule is CC(C)(COc1cc(-c2ccc3c(c2N)CCC3)ccn1)n1cc(F)c(S(N)(=O)=O)n1.O=C(O)C(F)(F)F. The Morgan fingerprint density at radius 3 is 2.45 bits per heavy atom. The fourth-order valence-electron chi connectivity index (χ4n) is 3.76. The second kappa shape index (κ2) is 10.6. The highest BCUT2D eigenvalue weighted by Crippen LogP contribution is 2.36. The zero-order valence-corrected chi connectivity index (χ0v) is 21.1. The number of carboxylic acid groups (broad SMARTS) is 1. The molecular weight excluding hydrogens is 534 g/mol. The van der Waals surface area contributed by atoms with Crippen molar-refractivity contribution >= 4 is 21.7 Å². The van der Waals surface area contributed by atoms with E-state index in [2.05, 4.69) is 16.1 Å². The van der Waals surface area contributed by atoms with Crippen molar-refractivity contribution in [2.24, 2.45) is 5.14 Å². The van der Waals surface area contributed by atoms with Gasteiger partial charge in [0.05, 0.1) is 11.7 Å². The Kier molecular flexibility index (Phi) is 8.02. The largest absolute Gasteiger partial charge is 0.490 e. The van der Waals surface area contributed by atoms with Gasteiger partial charge in [0.15, 0.2) is 5.82 Å². The minimum absolute atomic E-state index is 0.0638. The van der Waals surface area contributed by atoms with Gasteiger partial charge in [0.2, 0.25) is 10.9 Å². The van der Waals surface area contributed by atoms with E-state index in [-0.39, 0.29) is 6.61 Å². The van der Waals surface area contributed by atoms with Crippen molar-refractivity contribution < 1.29 is 40.6 Å². The zero-order valence-electron chi connectivity index (χ0n) is 20.3. The number of sulfonamides is 1. The van der Waals surface area contributed by atoms with Gasteiger partial charge in [0, 0.05) is 23.5 Å². The van der Waals surface area contributed by atoms with Gasteiger partial charge in [-0.25, -0.2) is 27.7 Å². The number of ether oxygens (including phenoxy) is 1. The average molecular weight is 560 g/mol. The Morgan fingerprint density at radius 1 is 1.21 bits per heavy atom. The van der Waals surface area contributed by atoms with Crippen molar-refractivity contribution in [2.75, 3.05) is 12.3 Å². The van der Waals surface area contributed by atoms with Crippen LogP contribution in [0.1, 0.15) is 31.4 Å². The summed E-state index contributed by atoms with van der Waals surface area (Å²) in [4.78, 5) is 13.1. The number of carboxylic acids is 1. The molecule has 206 valence electrons. The highest BCUT2D eigenvalue weighted by atomic mass is 32.2. The molecule has 0 saturated heterocycles. The molecule has 0 bridgehead atoms. The summed E-state index contributed by atoms with van der Waals surface area (Å²) in [6, 6.07) is 7.80. The number of benzene rings is 1. The first-order valence-corrected chi connectivity index (χ1v) is 12.6. The van der Waals surface area contributed by atoms with Crippen LogP contribution in [0, 0.1) is 5.82 Å². The Morgan fingerprint density at radius 2 is 1.87 bits per heavy atom. The third-order valence-corrected chi connectivity index (χ3v) is 6.53. The van der Waals surface area contributed by atoms with Gasteiger partial charge >= 0.3 is 12.1 Å². The van der Waals surface area contributed by atoms with Gasteiger partial charge in [0.25, 0.3) is 10.0 Å². The van der Waals surface area contributed by atoms with Gasteiger partial charge in [-0.1, -0.05) is 12.1 Å². The number of pyridine rings is 1. The maximum Gasteiger partial charge on any atom is 0.490 e. The van der Waals surface area contributed by atoms with Crippen LogP contribution in [0.3, 0.4) is 0 Å². The fraction of sp³-hybridized carbons (Fsp3) is 0.348. The third-order valence-electron chi connectivity index (χ3n) is 5.72. The molecule has 0 atom stereocenters. The first-order valence-electron chi connectivity index (χ1n) is 11.1. The van der Waals surface area contributed by atoms with Crippen molar-refractivity contribution in [2.45, 2.75) is 49.9 Å². The summed E-state index contributed by atoms with van der Waals surface area (Å²) in [7, 11) is -4.26. The first kappa shape index (κ1) is 28.8. The van der Waals surface area contributed by atoms with Crippen LogP contribution >= 0.6 is 0 Å². The van der Waals surface area contributed by atoms with E-state index in [0.29, 0.717) is 5.88 Å². The molecule has 2 aromatic heterocycles. The Balaban J connectivity index is 0.000000505. The topological polar surface area (TPSA) is 163 Å². The fourth-order valence-corrected chi connectivity index (χ4v) is 4.29. The van der Waals surface area contributed by atoms with Crippen LogP contribution in [-0.2, 0) is 33.2 Å². The average Bonchev–Trinajstić information content (AvgIpc) is 3.45. The number of carbonyl (C=O) groups is 1. The monoisotopic (exact) mass is 559 g/mol. The van der Waals surface area contributed by atoms with E-state index in [4.69, 9.17) is 25.5 Å². The molecule has 0 aliphatic heterocycles. The van der Waals surface area contributed by atoms with E-state index >= 15 is 0 Å². The van der Waals surface area contributed by atoms with Crippen LogP contribution < -0.4 is 15.6 Å². The molecule has 0 unspecified atom stereocenters. The van der Waals surface area contributed by atoms with E-state index in [0.717, 1.165) is 42.3 Å². The predicted octanol–water partition coefficient (Wildman–Crippen LogP) is 3.25. The molecular formula is C23H25F4N5O5S. The second-order valence-corrected chi connectivity index (χ2v) is 10.6. The van der Waals surface area contributed by atoms with Crippen LogP contribution in [0.2, 0.25) is 0 Å². The highest BCUT2D eigenvalue weighted by Gasteiger charge is 2.38. The van der Waals surface area contributed by atoms with Gasteiger partial charge in [-0.2, -0.15) is 18.3 Å². The molecule has 15 heteroatoms. The second-order valence-electron chi connectivity index (χ2n) is 9.08. The highest BCUT2D eigenvalue weighted by molar-refractivity contribution is 7.89. The summed E-state index contributed by atoms with van der Waals surface area (Å²) in [5.74, 6) is -3.40. The van der Waals surface area contributed by atoms with Crippen molar-refractivity contribution in [3.05, 3.63) is 53.6 Å². The van der Waals surface area contributed by atoms with Crippen LogP contribution in [0.25, 0.3) is 11.1 Å². The molecule has 0 fully saturated rings. The Bertz CT molecular complexity index is 1450. The van der Waals surface area contributed by atoms with E-state index in [1.54, 1.807) is 26.1 Å². The predicted molar refractivity (Wildman–Crippen MR) is 128 cm³/mol. The molecule has 0 amide bonds. The molecule has 0 saturated carbocycles. The Hall–Kier alpha value is -3.72. The number of anilines is 1. The van der Waals surface area contributed by atoms with Crippen LogP contribution in [0.5, 0.6) is 5.88 Å². The number of alkyl halides is 3. The quantitative estimate of drug-likeness (QED) is 0.306. The number of aryl methyl sites for hydroxylation is 1. The number of nitrogens with two attached hydrogens (primary N) is 2. The molecule has 1 aromatic carbocycles. The van der Waals surface area contributed by atoms with E-state index < -0.39 is 38.6 Å². The van der Waals surface area contributed by atoms with Crippen molar-refractivity contribution in [1.82, 2.24) is 14.8 Å². The summed E-state index contributed by atoms with van der Waals surface area (Å²) in [6.07, 6.45) is 0.693. The number of aromatic nitrogens is 3. The van der Waals surface area contributed by atoms with Gasteiger partial charge < -0.3 is 15.6 Å². The molecule has 38 heavy (non-hydrogen) atoms. The molecule has 4 rings (SSSR count). The molecule has 5 N–H and O–H groups in total. The van der Waals surface area contributed by atoms with Gasteiger partial charge in [0.1, 0.15) is 6.61 Å². The van der Waals surface area contributed by atoms with Gasteiger partial charge in [-0.15, -0.1) is 0 Å². The normalized spacial score (nSPS) is 13.4. The minimum Gasteiger partial charge on any atom is -0.475 e. The number of rotatable bonds is 6. The van der Waals surface area contributed by atoms with Crippen molar-refractivity contribution in [3.8, 4) is 17.0 Å².